The Morgan fingerprint density at radius 3 is 2.83 bits per heavy atom. The minimum Gasteiger partial charge on any atom is -0.323 e. The van der Waals surface area contributed by atoms with Crippen molar-refractivity contribution in [1.29, 1.82) is 0 Å². The Hall–Kier alpha value is -2.63. The van der Waals surface area contributed by atoms with E-state index in [0.29, 0.717) is 13.0 Å². The highest BCUT2D eigenvalue weighted by Gasteiger charge is 2.08. The van der Waals surface area contributed by atoms with Gasteiger partial charge in [0, 0.05) is 24.0 Å². The van der Waals surface area contributed by atoms with Crippen LogP contribution < -0.4 is 5.32 Å². The molecule has 0 bridgehead atoms. The molecular weight excluding hydrogens is 290 g/mol. The lowest BCUT2D eigenvalue weighted by Gasteiger charge is -2.05. The molecule has 2 heterocycles. The number of nitrogens with zero attached hydrogens (tertiary/aromatic N) is 4. The Labute approximate surface area is 135 Å². The largest absolute Gasteiger partial charge is 0.323 e. The molecule has 0 fully saturated rings. The van der Waals surface area contributed by atoms with Crippen molar-refractivity contribution in [2.45, 2.75) is 39.8 Å². The quantitative estimate of drug-likeness (QED) is 0.787. The molecule has 1 N–H and O–H groups in total. The van der Waals surface area contributed by atoms with Crippen molar-refractivity contribution in [3.05, 3.63) is 42.4 Å². The normalized spacial score (nSPS) is 11.3. The van der Waals surface area contributed by atoms with Crippen molar-refractivity contribution in [3.8, 4) is 0 Å². The molecule has 6 nitrogen and oxygen atoms in total. The second-order valence-electron chi connectivity index (χ2n) is 6.03. The third kappa shape index (κ3) is 3.41. The molecule has 3 rings (SSSR count). The minimum absolute atomic E-state index is 0.0379. The van der Waals surface area contributed by atoms with E-state index in [1.54, 1.807) is 6.20 Å². The number of benzene rings is 1. The standard InChI is InChI=1S/C17H21N5O/c1-12(2)22-11-15(10-19-22)20-17(23)6-7-21-16-5-4-13(3)8-14(16)9-18-21/h4-5,8-12H,6-7H2,1-3H3,(H,20,23). The fourth-order valence-corrected chi connectivity index (χ4v) is 2.50. The second-order valence-corrected chi connectivity index (χ2v) is 6.03. The van der Waals surface area contributed by atoms with Crippen molar-refractivity contribution in [1.82, 2.24) is 19.6 Å². The van der Waals surface area contributed by atoms with E-state index in [2.05, 4.69) is 34.6 Å². The van der Waals surface area contributed by atoms with Crippen LogP contribution in [-0.4, -0.2) is 25.5 Å². The smallest absolute Gasteiger partial charge is 0.226 e. The Bertz CT molecular complexity index is 830. The number of anilines is 1. The lowest BCUT2D eigenvalue weighted by atomic mass is 10.2. The molecule has 1 aromatic carbocycles. The molecule has 3 aromatic rings. The first-order valence-corrected chi connectivity index (χ1v) is 7.79. The summed E-state index contributed by atoms with van der Waals surface area (Å²) in [6.45, 7) is 6.70. The van der Waals surface area contributed by atoms with Gasteiger partial charge < -0.3 is 5.32 Å². The second kappa shape index (κ2) is 6.24. The van der Waals surface area contributed by atoms with E-state index in [0.717, 1.165) is 16.6 Å². The van der Waals surface area contributed by atoms with Crippen LogP contribution in [0.2, 0.25) is 0 Å². The average molecular weight is 311 g/mol. The highest BCUT2D eigenvalue weighted by atomic mass is 16.1. The summed E-state index contributed by atoms with van der Waals surface area (Å²) < 4.78 is 3.69. The number of rotatable bonds is 5. The fraction of sp³-hybridized carbons (Fsp3) is 0.353. The number of aromatic nitrogens is 4. The van der Waals surface area contributed by atoms with Crippen LogP contribution in [0.25, 0.3) is 10.9 Å². The van der Waals surface area contributed by atoms with Gasteiger partial charge in [-0.3, -0.25) is 14.2 Å². The highest BCUT2D eigenvalue weighted by molar-refractivity contribution is 5.90. The van der Waals surface area contributed by atoms with E-state index in [4.69, 9.17) is 0 Å². The molecule has 0 aliphatic carbocycles. The summed E-state index contributed by atoms with van der Waals surface area (Å²) >= 11 is 0. The molecule has 0 aliphatic heterocycles. The maximum atomic E-state index is 12.1. The third-order valence-corrected chi connectivity index (χ3v) is 3.76. The van der Waals surface area contributed by atoms with Crippen molar-refractivity contribution >= 4 is 22.5 Å². The number of amides is 1. The van der Waals surface area contributed by atoms with Crippen LogP contribution in [0.4, 0.5) is 5.69 Å². The summed E-state index contributed by atoms with van der Waals surface area (Å²) in [6, 6.07) is 6.47. The van der Waals surface area contributed by atoms with Gasteiger partial charge >= 0.3 is 0 Å². The predicted molar refractivity (Wildman–Crippen MR) is 90.3 cm³/mol. The molecule has 2 aromatic heterocycles. The summed E-state index contributed by atoms with van der Waals surface area (Å²) in [7, 11) is 0. The van der Waals surface area contributed by atoms with Gasteiger partial charge in [-0.15, -0.1) is 0 Å². The maximum absolute atomic E-state index is 12.1. The van der Waals surface area contributed by atoms with Gasteiger partial charge in [-0.1, -0.05) is 11.6 Å². The summed E-state index contributed by atoms with van der Waals surface area (Å²) in [5.74, 6) is -0.0379. The first-order valence-electron chi connectivity index (χ1n) is 7.79. The topological polar surface area (TPSA) is 64.7 Å². The number of carbonyl (C=O) groups is 1. The van der Waals surface area contributed by atoms with Gasteiger partial charge in [0.2, 0.25) is 5.91 Å². The molecule has 0 unspecified atom stereocenters. The van der Waals surface area contributed by atoms with Gasteiger partial charge in [-0.2, -0.15) is 10.2 Å². The number of aryl methyl sites for hydroxylation is 2. The van der Waals surface area contributed by atoms with Crippen molar-refractivity contribution in [3.63, 3.8) is 0 Å². The van der Waals surface area contributed by atoms with E-state index in [9.17, 15) is 4.79 Å². The number of hydrogen-bond donors (Lipinski definition) is 1. The van der Waals surface area contributed by atoms with Gasteiger partial charge in [0.25, 0.3) is 0 Å². The van der Waals surface area contributed by atoms with Crippen LogP contribution in [0, 0.1) is 6.92 Å². The fourth-order valence-electron chi connectivity index (χ4n) is 2.50. The molecular formula is C17H21N5O. The monoisotopic (exact) mass is 311 g/mol. The Kier molecular flexibility index (Phi) is 4.14. The van der Waals surface area contributed by atoms with E-state index in [-0.39, 0.29) is 11.9 Å². The molecule has 0 atom stereocenters. The number of hydrogen-bond acceptors (Lipinski definition) is 3. The number of carbonyl (C=O) groups excluding carboxylic acids is 1. The lowest BCUT2D eigenvalue weighted by Crippen LogP contribution is -2.14. The van der Waals surface area contributed by atoms with Gasteiger partial charge in [-0.25, -0.2) is 0 Å². The van der Waals surface area contributed by atoms with Gasteiger partial charge in [-0.05, 0) is 32.9 Å². The summed E-state index contributed by atoms with van der Waals surface area (Å²) in [5, 5.41) is 12.5. The van der Waals surface area contributed by atoms with E-state index in [1.807, 2.05) is 41.7 Å². The van der Waals surface area contributed by atoms with Crippen LogP contribution in [0.1, 0.15) is 31.9 Å². The molecule has 23 heavy (non-hydrogen) atoms. The van der Waals surface area contributed by atoms with Crippen LogP contribution in [0.3, 0.4) is 0 Å². The number of nitrogens with one attached hydrogen (secondary N) is 1. The highest BCUT2D eigenvalue weighted by Crippen LogP contribution is 2.16. The van der Waals surface area contributed by atoms with Crippen LogP contribution >= 0.6 is 0 Å². The van der Waals surface area contributed by atoms with E-state index < -0.39 is 0 Å². The molecule has 1 amide bonds. The number of fused-ring (bicyclic) bond motifs is 1. The van der Waals surface area contributed by atoms with Crippen molar-refractivity contribution in [2.75, 3.05) is 5.32 Å². The predicted octanol–water partition coefficient (Wildman–Crippen LogP) is 3.15. The summed E-state index contributed by atoms with van der Waals surface area (Å²) in [5.41, 5.74) is 2.98. The maximum Gasteiger partial charge on any atom is 0.226 e. The summed E-state index contributed by atoms with van der Waals surface area (Å²) in [4.78, 5) is 12.1. The summed E-state index contributed by atoms with van der Waals surface area (Å²) in [6.07, 6.45) is 5.73. The zero-order valence-electron chi connectivity index (χ0n) is 13.7. The minimum atomic E-state index is -0.0379. The average Bonchev–Trinajstić information content (AvgIpc) is 3.11. The van der Waals surface area contributed by atoms with Crippen LogP contribution in [-0.2, 0) is 11.3 Å². The van der Waals surface area contributed by atoms with E-state index in [1.165, 1.54) is 5.56 Å². The van der Waals surface area contributed by atoms with Gasteiger partial charge in [0.1, 0.15) is 0 Å². The van der Waals surface area contributed by atoms with Gasteiger partial charge in [0.15, 0.2) is 0 Å². The van der Waals surface area contributed by atoms with Crippen molar-refractivity contribution in [2.24, 2.45) is 0 Å². The molecule has 0 saturated carbocycles. The van der Waals surface area contributed by atoms with Crippen LogP contribution in [0.5, 0.6) is 0 Å². The molecule has 0 spiro atoms. The SMILES string of the molecule is Cc1ccc2c(cnn2CCC(=O)Nc2cnn(C(C)C)c2)c1. The first-order chi connectivity index (χ1) is 11.0. The van der Waals surface area contributed by atoms with Crippen molar-refractivity contribution < 1.29 is 4.79 Å². The Balaban J connectivity index is 1.61. The third-order valence-electron chi connectivity index (χ3n) is 3.76. The molecule has 0 aliphatic rings. The zero-order chi connectivity index (χ0) is 16.4. The van der Waals surface area contributed by atoms with E-state index >= 15 is 0 Å². The first kappa shape index (κ1) is 15.3. The van der Waals surface area contributed by atoms with Crippen LogP contribution in [0.15, 0.2) is 36.8 Å². The Morgan fingerprint density at radius 1 is 1.26 bits per heavy atom. The van der Waals surface area contributed by atoms with Gasteiger partial charge in [0.05, 0.1) is 30.1 Å². The zero-order valence-corrected chi connectivity index (χ0v) is 13.7. The molecule has 0 saturated heterocycles. The lowest BCUT2D eigenvalue weighted by molar-refractivity contribution is -0.116. The molecule has 0 radical (unpaired) electrons. The Morgan fingerprint density at radius 2 is 2.09 bits per heavy atom. The molecule has 120 valence electrons. The molecule has 6 heteroatoms.